The number of nitrogens with one attached hydrogen (secondary N) is 2. The number of thiazole rings is 1. The molecule has 0 saturated heterocycles. The maximum Gasteiger partial charge on any atom is 0.434 e. The van der Waals surface area contributed by atoms with Crippen LogP contribution in [0.5, 0.6) is 0 Å². The van der Waals surface area contributed by atoms with Crippen molar-refractivity contribution in [2.24, 2.45) is 4.99 Å². The van der Waals surface area contributed by atoms with Gasteiger partial charge in [-0.1, -0.05) is 17.7 Å². The summed E-state index contributed by atoms with van der Waals surface area (Å²) < 4.78 is 50.8. The molecule has 0 bridgehead atoms. The minimum Gasteiger partial charge on any atom is -0.357 e. The summed E-state index contributed by atoms with van der Waals surface area (Å²) in [6.07, 6.45) is -4.08. The fourth-order valence-corrected chi connectivity index (χ4v) is 3.00. The average molecular weight is 537 g/mol. The maximum atomic E-state index is 13.2. The van der Waals surface area contributed by atoms with E-state index in [4.69, 9.17) is 11.6 Å². The number of halogens is 6. The van der Waals surface area contributed by atoms with E-state index in [1.807, 2.05) is 6.92 Å². The predicted molar refractivity (Wildman–Crippen MR) is 110 cm³/mol. The molecule has 0 radical (unpaired) electrons. The number of guanidine groups is 1. The van der Waals surface area contributed by atoms with E-state index in [1.165, 1.54) is 12.1 Å². The van der Waals surface area contributed by atoms with E-state index >= 15 is 0 Å². The highest BCUT2D eigenvalue weighted by Crippen LogP contribution is 2.30. The smallest absolute Gasteiger partial charge is 0.357 e. The lowest BCUT2D eigenvalue weighted by atomic mass is 10.2. The van der Waals surface area contributed by atoms with Crippen molar-refractivity contribution in [1.82, 2.24) is 15.6 Å². The third kappa shape index (κ3) is 7.78. The molecule has 1 aromatic heterocycles. The molecule has 2 N–H and O–H groups in total. The zero-order chi connectivity index (χ0) is 19.2. The summed E-state index contributed by atoms with van der Waals surface area (Å²) in [4.78, 5) is 7.93. The van der Waals surface area contributed by atoms with Crippen LogP contribution in [0.4, 0.5) is 17.6 Å². The SMILES string of the molecule is CCNC(=NCc1ccc(F)c(Cl)c1)NCCc1nc(C(F)(F)F)cs1.I. The predicted octanol–water partition coefficient (Wildman–Crippen LogP) is 4.87. The van der Waals surface area contributed by atoms with Gasteiger partial charge in [0.1, 0.15) is 5.82 Å². The quantitative estimate of drug-likeness (QED) is 0.240. The Morgan fingerprint density at radius 1 is 1.30 bits per heavy atom. The lowest BCUT2D eigenvalue weighted by Crippen LogP contribution is -2.38. The summed E-state index contributed by atoms with van der Waals surface area (Å²) in [5.41, 5.74) is -0.130. The minimum absolute atomic E-state index is 0. The first-order valence-electron chi connectivity index (χ1n) is 7.77. The highest BCUT2D eigenvalue weighted by molar-refractivity contribution is 14.0. The van der Waals surface area contributed by atoms with Gasteiger partial charge in [-0.3, -0.25) is 0 Å². The Bertz CT molecular complexity index is 767. The molecule has 1 heterocycles. The maximum absolute atomic E-state index is 13.2. The van der Waals surface area contributed by atoms with Crippen molar-refractivity contribution in [1.29, 1.82) is 0 Å². The lowest BCUT2D eigenvalue weighted by molar-refractivity contribution is -0.140. The second kappa shape index (κ2) is 11.0. The summed E-state index contributed by atoms with van der Waals surface area (Å²) in [5, 5.41) is 7.49. The first-order valence-corrected chi connectivity index (χ1v) is 9.03. The number of hydrogen-bond acceptors (Lipinski definition) is 3. The highest BCUT2D eigenvalue weighted by atomic mass is 127. The summed E-state index contributed by atoms with van der Waals surface area (Å²) in [7, 11) is 0. The Morgan fingerprint density at radius 3 is 2.63 bits per heavy atom. The largest absolute Gasteiger partial charge is 0.434 e. The third-order valence-corrected chi connectivity index (χ3v) is 4.42. The first kappa shape index (κ1) is 23.9. The Kier molecular flexibility index (Phi) is 9.74. The van der Waals surface area contributed by atoms with Crippen LogP contribution >= 0.6 is 46.9 Å². The second-order valence-electron chi connectivity index (χ2n) is 5.24. The number of aromatic nitrogens is 1. The molecule has 0 fully saturated rings. The van der Waals surface area contributed by atoms with Crippen molar-refractivity contribution in [3.63, 3.8) is 0 Å². The van der Waals surface area contributed by atoms with E-state index in [1.54, 1.807) is 6.07 Å². The number of benzene rings is 1. The summed E-state index contributed by atoms with van der Waals surface area (Å²) in [5.74, 6) is 0.00616. The van der Waals surface area contributed by atoms with Crippen molar-refractivity contribution < 1.29 is 17.6 Å². The van der Waals surface area contributed by atoms with Gasteiger partial charge in [0, 0.05) is 24.9 Å². The molecule has 2 rings (SSSR count). The number of hydrogen-bond donors (Lipinski definition) is 2. The van der Waals surface area contributed by atoms with Gasteiger partial charge in [-0.15, -0.1) is 35.3 Å². The molecule has 150 valence electrons. The van der Waals surface area contributed by atoms with Crippen LogP contribution in [0.3, 0.4) is 0 Å². The molecule has 4 nitrogen and oxygen atoms in total. The molecule has 0 atom stereocenters. The van der Waals surface area contributed by atoms with Crippen LogP contribution < -0.4 is 10.6 Å². The molecule has 0 saturated carbocycles. The molecule has 0 aliphatic carbocycles. The summed E-state index contributed by atoms with van der Waals surface area (Å²) in [6.45, 7) is 3.17. The molecule has 0 unspecified atom stereocenters. The van der Waals surface area contributed by atoms with Crippen LogP contribution in [0.25, 0.3) is 0 Å². The third-order valence-electron chi connectivity index (χ3n) is 3.22. The van der Waals surface area contributed by atoms with Gasteiger partial charge in [0.05, 0.1) is 16.6 Å². The van der Waals surface area contributed by atoms with Crippen LogP contribution in [-0.2, 0) is 19.1 Å². The minimum atomic E-state index is -4.42. The van der Waals surface area contributed by atoms with E-state index < -0.39 is 17.7 Å². The normalized spacial score (nSPS) is 11.9. The number of aliphatic imine (C=N–C) groups is 1. The summed E-state index contributed by atoms with van der Waals surface area (Å²) >= 11 is 6.71. The number of rotatable bonds is 6. The molecule has 0 amide bonds. The van der Waals surface area contributed by atoms with Crippen molar-refractivity contribution >= 4 is 52.9 Å². The van der Waals surface area contributed by atoms with Crippen molar-refractivity contribution in [3.05, 3.63) is 50.7 Å². The van der Waals surface area contributed by atoms with Crippen molar-refractivity contribution in [2.45, 2.75) is 26.1 Å². The van der Waals surface area contributed by atoms with Gasteiger partial charge in [0.25, 0.3) is 0 Å². The Balaban J connectivity index is 0.00000364. The molecular formula is C16H18ClF4IN4S. The Labute approximate surface area is 180 Å². The first-order chi connectivity index (χ1) is 12.3. The van der Waals surface area contributed by atoms with Gasteiger partial charge in [-0.2, -0.15) is 13.2 Å². The molecule has 0 aliphatic heterocycles. The zero-order valence-corrected chi connectivity index (χ0v) is 18.1. The van der Waals surface area contributed by atoms with Gasteiger partial charge >= 0.3 is 6.18 Å². The van der Waals surface area contributed by atoms with Gasteiger partial charge in [-0.25, -0.2) is 14.4 Å². The molecule has 0 aliphatic rings. The summed E-state index contributed by atoms with van der Waals surface area (Å²) in [6, 6.07) is 4.36. The van der Waals surface area contributed by atoms with E-state index in [0.717, 1.165) is 22.3 Å². The zero-order valence-electron chi connectivity index (χ0n) is 14.2. The molecular weight excluding hydrogens is 519 g/mol. The number of nitrogens with zero attached hydrogens (tertiary/aromatic N) is 2. The van der Waals surface area contributed by atoms with Crippen molar-refractivity contribution in [3.8, 4) is 0 Å². The fourth-order valence-electron chi connectivity index (χ4n) is 1.99. The Morgan fingerprint density at radius 2 is 2.04 bits per heavy atom. The van der Waals surface area contributed by atoms with E-state index in [-0.39, 0.29) is 35.5 Å². The fraction of sp³-hybridized carbons (Fsp3) is 0.375. The highest BCUT2D eigenvalue weighted by Gasteiger charge is 2.33. The Hall–Kier alpha value is -1.14. The monoisotopic (exact) mass is 536 g/mol. The molecule has 27 heavy (non-hydrogen) atoms. The van der Waals surface area contributed by atoms with E-state index in [0.29, 0.717) is 30.5 Å². The van der Waals surface area contributed by atoms with E-state index in [2.05, 4.69) is 20.6 Å². The second-order valence-corrected chi connectivity index (χ2v) is 6.59. The van der Waals surface area contributed by atoms with E-state index in [9.17, 15) is 17.6 Å². The standard InChI is InChI=1S/C16H17ClF4N4S.HI/c1-2-22-15(24-8-10-3-4-12(18)11(17)7-10)23-6-5-14-25-13(9-26-14)16(19,20)21;/h3-4,7,9H,2,5-6,8H2,1H3,(H2,22,23,24);1H. The van der Waals surface area contributed by atoms with Crippen molar-refractivity contribution in [2.75, 3.05) is 13.1 Å². The average Bonchev–Trinajstić information content (AvgIpc) is 3.05. The molecule has 2 aromatic rings. The van der Waals surface area contributed by atoms with Crippen LogP contribution in [0.1, 0.15) is 23.2 Å². The molecule has 11 heteroatoms. The van der Waals surface area contributed by atoms with Crippen LogP contribution in [0.2, 0.25) is 5.02 Å². The van der Waals surface area contributed by atoms with Gasteiger partial charge < -0.3 is 10.6 Å². The molecule has 0 spiro atoms. The van der Waals surface area contributed by atoms with Gasteiger partial charge in [-0.05, 0) is 24.6 Å². The van der Waals surface area contributed by atoms with Crippen LogP contribution in [0, 0.1) is 5.82 Å². The van der Waals surface area contributed by atoms with Crippen LogP contribution in [-0.4, -0.2) is 24.0 Å². The van der Waals surface area contributed by atoms with Gasteiger partial charge in [0.2, 0.25) is 0 Å². The topological polar surface area (TPSA) is 49.3 Å². The van der Waals surface area contributed by atoms with Crippen LogP contribution in [0.15, 0.2) is 28.6 Å². The lowest BCUT2D eigenvalue weighted by Gasteiger charge is -2.10. The van der Waals surface area contributed by atoms with Gasteiger partial charge in [0.15, 0.2) is 11.7 Å². The molecule has 1 aromatic carbocycles. The number of alkyl halides is 3.